The fourth-order valence-electron chi connectivity index (χ4n) is 1.15. The van der Waals surface area contributed by atoms with E-state index < -0.39 is 22.7 Å². The molecule has 5 nitrogen and oxygen atoms in total. The van der Waals surface area contributed by atoms with Gasteiger partial charge in [0.25, 0.3) is 6.43 Å². The zero-order valence-corrected chi connectivity index (χ0v) is 9.70. The van der Waals surface area contributed by atoms with Crippen molar-refractivity contribution in [3.8, 4) is 5.75 Å². The molecule has 1 rings (SSSR count). The fraction of sp³-hybridized carbons (Fsp3) is 0.375. The first kappa shape index (κ1) is 12.8. The first-order valence-corrected chi connectivity index (χ1v) is 5.19. The lowest BCUT2D eigenvalue weighted by atomic mass is 10.2. The van der Waals surface area contributed by atoms with Crippen molar-refractivity contribution in [3.05, 3.63) is 27.4 Å². The van der Waals surface area contributed by atoms with E-state index in [0.717, 1.165) is 0 Å². The summed E-state index contributed by atoms with van der Waals surface area (Å²) in [5, 5.41) is 10.8. The molecule has 0 bridgehead atoms. The molecule has 8 heteroatoms. The van der Waals surface area contributed by atoms with Crippen LogP contribution in [0.5, 0.6) is 5.75 Å². The third-order valence-corrected chi connectivity index (χ3v) is 2.38. The van der Waals surface area contributed by atoms with Gasteiger partial charge >= 0.3 is 5.82 Å². The Kier molecular flexibility index (Phi) is 4.11. The van der Waals surface area contributed by atoms with Crippen LogP contribution in [0.3, 0.4) is 0 Å². The summed E-state index contributed by atoms with van der Waals surface area (Å²) in [6, 6.07) is 1.24. The van der Waals surface area contributed by atoms with Crippen LogP contribution in [0, 0.1) is 10.1 Å². The highest BCUT2D eigenvalue weighted by Crippen LogP contribution is 2.36. The van der Waals surface area contributed by atoms with E-state index in [2.05, 4.69) is 20.9 Å². The van der Waals surface area contributed by atoms with Crippen molar-refractivity contribution in [1.29, 1.82) is 0 Å². The summed E-state index contributed by atoms with van der Waals surface area (Å²) in [6.07, 6.45) is -3.01. The Bertz CT molecular complexity index is 415. The Morgan fingerprint density at radius 3 is 2.69 bits per heavy atom. The van der Waals surface area contributed by atoms with Crippen LogP contribution < -0.4 is 4.74 Å². The summed E-state index contributed by atoms with van der Waals surface area (Å²) in [6.45, 7) is 0. The molecule has 0 unspecified atom stereocenters. The summed E-state index contributed by atoms with van der Waals surface area (Å²) >= 11 is 3.04. The quantitative estimate of drug-likeness (QED) is 0.487. The highest BCUT2D eigenvalue weighted by Gasteiger charge is 2.29. The monoisotopic (exact) mass is 296 g/mol. The van der Waals surface area contributed by atoms with E-state index in [1.807, 2.05) is 0 Å². The first-order chi connectivity index (χ1) is 7.51. The second kappa shape index (κ2) is 5.15. The molecular formula is C8H7BrF2N2O3. The average molecular weight is 297 g/mol. The number of hydrogen-bond acceptors (Lipinski definition) is 4. The fourth-order valence-corrected chi connectivity index (χ4v) is 1.44. The summed E-state index contributed by atoms with van der Waals surface area (Å²) in [5.41, 5.74) is -0.537. The molecule has 0 aromatic carbocycles. The van der Waals surface area contributed by atoms with Crippen LogP contribution >= 0.6 is 15.9 Å². The largest absolute Gasteiger partial charge is 0.496 e. The summed E-state index contributed by atoms with van der Waals surface area (Å²) in [5.74, 6) is -1.10. The molecule has 88 valence electrons. The standard InChI is InChI=1S/C8H7BrF2N2O3/c1-16-5-2-4(3-9)12-8(13(14)15)6(5)7(10)11/h2,7H,3H2,1H3. The zero-order chi connectivity index (χ0) is 12.3. The highest BCUT2D eigenvalue weighted by atomic mass is 79.9. The maximum atomic E-state index is 12.6. The van der Waals surface area contributed by atoms with Crippen LogP contribution in [0.25, 0.3) is 0 Å². The van der Waals surface area contributed by atoms with Gasteiger partial charge in [0.2, 0.25) is 0 Å². The third-order valence-electron chi connectivity index (χ3n) is 1.80. The van der Waals surface area contributed by atoms with Crippen molar-refractivity contribution in [2.75, 3.05) is 7.11 Å². The van der Waals surface area contributed by atoms with Gasteiger partial charge in [0.1, 0.15) is 5.75 Å². The number of rotatable bonds is 4. The van der Waals surface area contributed by atoms with Crippen LogP contribution in [-0.2, 0) is 5.33 Å². The molecule has 1 aromatic rings. The summed E-state index contributed by atoms with van der Waals surface area (Å²) in [7, 11) is 1.17. The normalized spacial score (nSPS) is 10.6. The van der Waals surface area contributed by atoms with Crippen LogP contribution in [0.15, 0.2) is 6.07 Å². The molecule has 0 aliphatic carbocycles. The van der Waals surface area contributed by atoms with Crippen molar-refractivity contribution in [2.24, 2.45) is 0 Å². The molecule has 0 spiro atoms. The summed E-state index contributed by atoms with van der Waals surface area (Å²) < 4.78 is 30.0. The third kappa shape index (κ3) is 2.43. The maximum Gasteiger partial charge on any atom is 0.376 e. The minimum Gasteiger partial charge on any atom is -0.496 e. The van der Waals surface area contributed by atoms with Gasteiger partial charge in [-0.2, -0.15) is 0 Å². The van der Waals surface area contributed by atoms with E-state index in [1.165, 1.54) is 13.2 Å². The second-order valence-electron chi connectivity index (χ2n) is 2.74. The molecule has 16 heavy (non-hydrogen) atoms. The van der Waals surface area contributed by atoms with E-state index in [4.69, 9.17) is 4.74 Å². The Hall–Kier alpha value is -1.31. The number of ether oxygens (including phenoxy) is 1. The number of nitro groups is 1. The molecule has 0 fully saturated rings. The van der Waals surface area contributed by atoms with E-state index >= 15 is 0 Å². The van der Waals surface area contributed by atoms with Crippen molar-refractivity contribution < 1.29 is 18.4 Å². The topological polar surface area (TPSA) is 65.3 Å². The predicted octanol–water partition coefficient (Wildman–Crippen LogP) is 2.83. The number of methoxy groups -OCH3 is 1. The van der Waals surface area contributed by atoms with Crippen LogP contribution in [0.4, 0.5) is 14.6 Å². The van der Waals surface area contributed by atoms with E-state index in [1.54, 1.807) is 0 Å². The van der Waals surface area contributed by atoms with Gasteiger partial charge in [-0.25, -0.2) is 8.78 Å². The van der Waals surface area contributed by atoms with Gasteiger partial charge in [0.15, 0.2) is 11.3 Å². The second-order valence-corrected chi connectivity index (χ2v) is 3.31. The van der Waals surface area contributed by atoms with Crippen molar-refractivity contribution in [2.45, 2.75) is 11.8 Å². The molecule has 0 aliphatic heterocycles. The average Bonchev–Trinajstić information content (AvgIpc) is 2.26. The van der Waals surface area contributed by atoms with Gasteiger partial charge in [0, 0.05) is 6.07 Å². The molecule has 1 heterocycles. The van der Waals surface area contributed by atoms with Gasteiger partial charge in [-0.15, -0.1) is 0 Å². The van der Waals surface area contributed by atoms with Crippen molar-refractivity contribution >= 4 is 21.7 Å². The zero-order valence-electron chi connectivity index (χ0n) is 8.11. The number of alkyl halides is 3. The van der Waals surface area contributed by atoms with Crippen LogP contribution in [0.2, 0.25) is 0 Å². The Morgan fingerprint density at radius 1 is 1.69 bits per heavy atom. The van der Waals surface area contributed by atoms with Gasteiger partial charge in [-0.1, -0.05) is 15.9 Å². The summed E-state index contributed by atoms with van der Waals surface area (Å²) in [4.78, 5) is 13.2. The lowest BCUT2D eigenvalue weighted by molar-refractivity contribution is -0.391. The van der Waals surface area contributed by atoms with Gasteiger partial charge < -0.3 is 14.9 Å². The van der Waals surface area contributed by atoms with E-state index in [9.17, 15) is 18.9 Å². The highest BCUT2D eigenvalue weighted by molar-refractivity contribution is 9.08. The molecule has 1 aromatic heterocycles. The molecular weight excluding hydrogens is 290 g/mol. The van der Waals surface area contributed by atoms with E-state index in [-0.39, 0.29) is 16.8 Å². The minimum atomic E-state index is -3.01. The molecule has 0 saturated carbocycles. The number of halogens is 3. The molecule has 0 saturated heterocycles. The molecule has 0 atom stereocenters. The van der Waals surface area contributed by atoms with Gasteiger partial charge in [0.05, 0.1) is 12.4 Å². The Balaban J connectivity index is 3.47. The number of hydrogen-bond donors (Lipinski definition) is 0. The Morgan fingerprint density at radius 2 is 2.31 bits per heavy atom. The van der Waals surface area contributed by atoms with Gasteiger partial charge in [-0.3, -0.25) is 0 Å². The molecule has 0 radical (unpaired) electrons. The van der Waals surface area contributed by atoms with E-state index in [0.29, 0.717) is 0 Å². The maximum absolute atomic E-state index is 12.6. The molecule has 0 N–H and O–H groups in total. The first-order valence-electron chi connectivity index (χ1n) is 4.07. The number of pyridine rings is 1. The van der Waals surface area contributed by atoms with Crippen molar-refractivity contribution in [3.63, 3.8) is 0 Å². The van der Waals surface area contributed by atoms with Crippen LogP contribution in [0.1, 0.15) is 17.7 Å². The van der Waals surface area contributed by atoms with Gasteiger partial charge in [-0.05, 0) is 9.91 Å². The SMILES string of the molecule is COc1cc(CBr)nc([N+](=O)[O-])c1C(F)F. The predicted molar refractivity (Wildman–Crippen MR) is 55.0 cm³/mol. The number of nitrogens with zero attached hydrogens (tertiary/aromatic N) is 2. The minimum absolute atomic E-state index is 0.216. The molecule has 0 amide bonds. The molecule has 0 aliphatic rings. The lowest BCUT2D eigenvalue weighted by Crippen LogP contribution is -2.04. The number of aromatic nitrogens is 1. The van der Waals surface area contributed by atoms with Crippen molar-refractivity contribution in [1.82, 2.24) is 4.98 Å². The van der Waals surface area contributed by atoms with Crippen LogP contribution in [-0.4, -0.2) is 17.0 Å². The lowest BCUT2D eigenvalue weighted by Gasteiger charge is -2.08. The smallest absolute Gasteiger partial charge is 0.376 e. The Labute approximate surface area is 97.7 Å².